The van der Waals surface area contributed by atoms with Crippen LogP contribution in [0.15, 0.2) is 48.5 Å². The molecule has 2 atom stereocenters. The molecular weight excluding hydrogens is 306 g/mol. The molecule has 2 heteroatoms. The lowest BCUT2D eigenvalue weighted by molar-refractivity contribution is -0.131. The molecule has 25 heavy (non-hydrogen) atoms. The maximum atomic E-state index is 13.0. The fourth-order valence-corrected chi connectivity index (χ4v) is 4.20. The minimum atomic E-state index is 0.259. The third-order valence-electron chi connectivity index (χ3n) is 5.44. The number of benzene rings is 2. The van der Waals surface area contributed by atoms with Crippen LogP contribution in [0.2, 0.25) is 0 Å². The van der Waals surface area contributed by atoms with Crippen molar-refractivity contribution in [1.82, 2.24) is 4.90 Å². The molecule has 2 nitrogen and oxygen atoms in total. The molecule has 0 fully saturated rings. The van der Waals surface area contributed by atoms with E-state index < -0.39 is 0 Å². The Balaban J connectivity index is 1.93. The van der Waals surface area contributed by atoms with Crippen molar-refractivity contribution in [2.24, 2.45) is 0 Å². The molecule has 2 unspecified atom stereocenters. The molecular formula is C23H29NO. The minimum Gasteiger partial charge on any atom is -0.343 e. The SMILES string of the molecule is CCCN(CCC)C(=O)CC1c2ccccc2-c2ccccc2C1C. The van der Waals surface area contributed by atoms with Crippen LogP contribution in [0.25, 0.3) is 11.1 Å². The van der Waals surface area contributed by atoms with Crippen LogP contribution in [0.4, 0.5) is 0 Å². The lowest BCUT2D eigenvalue weighted by Gasteiger charge is -2.34. The normalized spacial score (nSPS) is 18.4. The molecule has 0 saturated heterocycles. The van der Waals surface area contributed by atoms with Crippen LogP contribution in [-0.2, 0) is 4.79 Å². The monoisotopic (exact) mass is 335 g/mol. The quantitative estimate of drug-likeness (QED) is 0.673. The zero-order valence-corrected chi connectivity index (χ0v) is 15.7. The number of fused-ring (bicyclic) bond motifs is 3. The number of nitrogens with zero attached hydrogens (tertiary/aromatic N) is 1. The van der Waals surface area contributed by atoms with Crippen LogP contribution in [0.3, 0.4) is 0 Å². The molecule has 2 aromatic carbocycles. The Morgan fingerprint density at radius 3 is 2.00 bits per heavy atom. The summed E-state index contributed by atoms with van der Waals surface area (Å²) in [6, 6.07) is 17.3. The highest BCUT2D eigenvalue weighted by atomic mass is 16.2. The van der Waals surface area contributed by atoms with E-state index in [9.17, 15) is 4.79 Å². The van der Waals surface area contributed by atoms with Gasteiger partial charge in [0.25, 0.3) is 0 Å². The molecule has 0 aliphatic heterocycles. The summed E-state index contributed by atoms with van der Waals surface area (Å²) < 4.78 is 0. The fourth-order valence-electron chi connectivity index (χ4n) is 4.20. The highest BCUT2D eigenvalue weighted by molar-refractivity contribution is 5.80. The average molecular weight is 335 g/mol. The number of amides is 1. The molecule has 1 aliphatic carbocycles. The van der Waals surface area contributed by atoms with Gasteiger partial charge in [-0.25, -0.2) is 0 Å². The van der Waals surface area contributed by atoms with Gasteiger partial charge in [-0.2, -0.15) is 0 Å². The summed E-state index contributed by atoms with van der Waals surface area (Å²) in [6.07, 6.45) is 2.64. The molecule has 132 valence electrons. The van der Waals surface area contributed by atoms with Crippen LogP contribution in [0.1, 0.15) is 63.0 Å². The topological polar surface area (TPSA) is 20.3 Å². The Kier molecular flexibility index (Phi) is 5.57. The van der Waals surface area contributed by atoms with Gasteiger partial charge in [-0.1, -0.05) is 69.3 Å². The average Bonchev–Trinajstić information content (AvgIpc) is 2.65. The number of carbonyl (C=O) groups excluding carboxylic acids is 1. The van der Waals surface area contributed by atoms with Crippen molar-refractivity contribution in [3.05, 3.63) is 59.7 Å². The first kappa shape index (κ1) is 17.7. The van der Waals surface area contributed by atoms with Gasteiger partial charge in [-0.15, -0.1) is 0 Å². The number of hydrogen-bond donors (Lipinski definition) is 0. The second kappa shape index (κ2) is 7.86. The van der Waals surface area contributed by atoms with E-state index in [-0.39, 0.29) is 5.92 Å². The minimum absolute atomic E-state index is 0.259. The van der Waals surface area contributed by atoms with Gasteiger partial charge in [-0.3, -0.25) is 4.79 Å². The van der Waals surface area contributed by atoms with Crippen molar-refractivity contribution in [3.63, 3.8) is 0 Å². The van der Waals surface area contributed by atoms with Crippen LogP contribution >= 0.6 is 0 Å². The first-order valence-corrected chi connectivity index (χ1v) is 9.63. The highest BCUT2D eigenvalue weighted by Crippen LogP contribution is 2.48. The summed E-state index contributed by atoms with van der Waals surface area (Å²) in [4.78, 5) is 15.0. The molecule has 0 aromatic heterocycles. The Bertz CT molecular complexity index is 730. The van der Waals surface area contributed by atoms with Crippen LogP contribution in [-0.4, -0.2) is 23.9 Å². The van der Waals surface area contributed by atoms with Gasteiger partial charge in [0.1, 0.15) is 0 Å². The number of hydrogen-bond acceptors (Lipinski definition) is 1. The van der Waals surface area contributed by atoms with Gasteiger partial charge < -0.3 is 4.90 Å². The second-order valence-corrected chi connectivity index (χ2v) is 7.15. The smallest absolute Gasteiger partial charge is 0.223 e. The predicted octanol–water partition coefficient (Wildman–Crippen LogP) is 5.59. The summed E-state index contributed by atoms with van der Waals surface area (Å²) >= 11 is 0. The summed E-state index contributed by atoms with van der Waals surface area (Å²) in [5.74, 6) is 0.921. The summed E-state index contributed by atoms with van der Waals surface area (Å²) in [6.45, 7) is 8.30. The molecule has 1 amide bonds. The molecule has 0 saturated carbocycles. The van der Waals surface area contributed by atoms with Gasteiger partial charge in [0.05, 0.1) is 0 Å². The van der Waals surface area contributed by atoms with E-state index in [0.717, 1.165) is 25.9 Å². The standard InChI is InChI=1S/C23H29NO/c1-4-14-24(15-5-2)23(25)16-22-17(3)18-10-6-7-11-19(18)20-12-8-9-13-21(20)22/h6-13,17,22H,4-5,14-16H2,1-3H3. The lowest BCUT2D eigenvalue weighted by atomic mass is 9.71. The van der Waals surface area contributed by atoms with Crippen LogP contribution in [0.5, 0.6) is 0 Å². The third kappa shape index (κ3) is 3.49. The van der Waals surface area contributed by atoms with Gasteiger partial charge >= 0.3 is 0 Å². The molecule has 0 radical (unpaired) electrons. The Hall–Kier alpha value is -2.09. The largest absolute Gasteiger partial charge is 0.343 e. The second-order valence-electron chi connectivity index (χ2n) is 7.15. The molecule has 0 heterocycles. The lowest BCUT2D eigenvalue weighted by Crippen LogP contribution is -2.34. The Morgan fingerprint density at radius 2 is 1.40 bits per heavy atom. The van der Waals surface area contributed by atoms with Gasteiger partial charge in [-0.05, 0) is 46.9 Å². The van der Waals surface area contributed by atoms with E-state index in [0.29, 0.717) is 18.2 Å². The summed E-state index contributed by atoms with van der Waals surface area (Å²) in [5.41, 5.74) is 5.33. The molecule has 0 bridgehead atoms. The first-order chi connectivity index (χ1) is 12.2. The van der Waals surface area contributed by atoms with Crippen LogP contribution in [0, 0.1) is 0 Å². The van der Waals surface area contributed by atoms with E-state index in [1.54, 1.807) is 0 Å². The van der Waals surface area contributed by atoms with E-state index >= 15 is 0 Å². The van der Waals surface area contributed by atoms with Gasteiger partial charge in [0.2, 0.25) is 5.91 Å². The summed E-state index contributed by atoms with van der Waals surface area (Å²) in [5, 5.41) is 0. The van der Waals surface area contributed by atoms with Gasteiger partial charge in [0, 0.05) is 19.5 Å². The van der Waals surface area contributed by atoms with Crippen LogP contribution < -0.4 is 0 Å². The van der Waals surface area contributed by atoms with E-state index in [1.807, 2.05) is 0 Å². The maximum Gasteiger partial charge on any atom is 0.223 e. The zero-order valence-electron chi connectivity index (χ0n) is 15.7. The van der Waals surface area contributed by atoms with E-state index in [4.69, 9.17) is 0 Å². The van der Waals surface area contributed by atoms with E-state index in [2.05, 4.69) is 74.2 Å². The van der Waals surface area contributed by atoms with Crippen molar-refractivity contribution in [2.45, 2.75) is 51.9 Å². The van der Waals surface area contributed by atoms with E-state index in [1.165, 1.54) is 22.3 Å². The Labute approximate surface area is 151 Å². The number of rotatable bonds is 6. The van der Waals surface area contributed by atoms with Gasteiger partial charge in [0.15, 0.2) is 0 Å². The molecule has 1 aliphatic rings. The fraction of sp³-hybridized carbons (Fsp3) is 0.435. The number of carbonyl (C=O) groups is 1. The van der Waals surface area contributed by atoms with Crippen molar-refractivity contribution in [2.75, 3.05) is 13.1 Å². The zero-order chi connectivity index (χ0) is 17.8. The highest BCUT2D eigenvalue weighted by Gasteiger charge is 2.32. The molecule has 2 aromatic rings. The Morgan fingerprint density at radius 1 is 0.880 bits per heavy atom. The first-order valence-electron chi connectivity index (χ1n) is 9.63. The third-order valence-corrected chi connectivity index (χ3v) is 5.44. The molecule has 0 spiro atoms. The predicted molar refractivity (Wildman–Crippen MR) is 105 cm³/mol. The maximum absolute atomic E-state index is 13.0. The van der Waals surface area contributed by atoms with Crippen molar-refractivity contribution in [1.29, 1.82) is 0 Å². The van der Waals surface area contributed by atoms with Crippen molar-refractivity contribution < 1.29 is 4.79 Å². The molecule has 3 rings (SSSR count). The van der Waals surface area contributed by atoms with Crippen molar-refractivity contribution >= 4 is 5.91 Å². The molecule has 0 N–H and O–H groups in total. The summed E-state index contributed by atoms with van der Waals surface area (Å²) in [7, 11) is 0. The van der Waals surface area contributed by atoms with Crippen molar-refractivity contribution in [3.8, 4) is 11.1 Å².